The van der Waals surface area contributed by atoms with Gasteiger partial charge in [0.15, 0.2) is 0 Å². The van der Waals surface area contributed by atoms with Gasteiger partial charge in [0.1, 0.15) is 12.3 Å². The monoisotopic (exact) mass is 334 g/mol. The molecule has 0 aromatic heterocycles. The molecule has 0 unspecified atom stereocenters. The Kier molecular flexibility index (Phi) is 5.51. The van der Waals surface area contributed by atoms with Gasteiger partial charge in [0.2, 0.25) is 0 Å². The van der Waals surface area contributed by atoms with Crippen LogP contribution in [0.15, 0.2) is 24.3 Å². The van der Waals surface area contributed by atoms with Gasteiger partial charge in [0.05, 0.1) is 19.4 Å². The highest BCUT2D eigenvalue weighted by Crippen LogP contribution is 2.24. The summed E-state index contributed by atoms with van der Waals surface area (Å²) in [7, 11) is 1.48. The largest absolute Gasteiger partial charge is 0.497 e. The molecule has 0 bridgehead atoms. The minimum absolute atomic E-state index is 0.210. The molecule has 1 heterocycles. The molecule has 1 aliphatic rings. The molecule has 0 N–H and O–H groups in total. The van der Waals surface area contributed by atoms with E-state index >= 15 is 0 Å². The predicted octanol–water partition coefficient (Wildman–Crippen LogP) is 1.33. The Morgan fingerprint density at radius 2 is 1.75 bits per heavy atom. The van der Waals surface area contributed by atoms with E-state index in [9.17, 15) is 19.2 Å². The van der Waals surface area contributed by atoms with Crippen molar-refractivity contribution in [3.63, 3.8) is 0 Å². The molecule has 1 aromatic carbocycles. The number of ether oxygens (including phenoxy) is 2. The van der Waals surface area contributed by atoms with Crippen molar-refractivity contribution in [1.82, 2.24) is 4.90 Å². The van der Waals surface area contributed by atoms with Gasteiger partial charge in [-0.15, -0.1) is 0 Å². The van der Waals surface area contributed by atoms with Gasteiger partial charge in [-0.1, -0.05) is 13.3 Å². The van der Waals surface area contributed by atoms with E-state index in [1.807, 2.05) is 6.92 Å². The molecule has 1 saturated heterocycles. The van der Waals surface area contributed by atoms with E-state index < -0.39 is 30.4 Å². The van der Waals surface area contributed by atoms with Crippen LogP contribution in [0.1, 0.15) is 19.8 Å². The highest BCUT2D eigenvalue weighted by atomic mass is 16.5. The molecule has 0 radical (unpaired) electrons. The van der Waals surface area contributed by atoms with Gasteiger partial charge in [-0.05, 0) is 30.7 Å². The number of carbonyl (C=O) groups is 4. The summed E-state index contributed by atoms with van der Waals surface area (Å²) in [5.74, 6) is -2.25. The lowest BCUT2D eigenvalue weighted by atomic mass is 10.3. The van der Waals surface area contributed by atoms with Crippen molar-refractivity contribution in [2.24, 2.45) is 0 Å². The third-order valence-electron chi connectivity index (χ3n) is 3.43. The van der Waals surface area contributed by atoms with Crippen LogP contribution in [0.25, 0.3) is 0 Å². The lowest BCUT2D eigenvalue weighted by molar-refractivity contribution is -0.148. The van der Waals surface area contributed by atoms with Crippen LogP contribution in [-0.2, 0) is 19.1 Å². The summed E-state index contributed by atoms with van der Waals surface area (Å²) in [6.07, 6.45) is 1.53. The summed E-state index contributed by atoms with van der Waals surface area (Å²) < 4.78 is 9.92. The third kappa shape index (κ3) is 3.53. The van der Waals surface area contributed by atoms with Gasteiger partial charge in [0.25, 0.3) is 0 Å². The first-order valence-corrected chi connectivity index (χ1v) is 7.49. The third-order valence-corrected chi connectivity index (χ3v) is 3.43. The Morgan fingerprint density at radius 3 is 2.33 bits per heavy atom. The normalized spacial score (nSPS) is 14.3. The number of hydrogen-bond donors (Lipinski definition) is 0. The smallest absolute Gasteiger partial charge is 0.339 e. The van der Waals surface area contributed by atoms with Gasteiger partial charge >= 0.3 is 23.8 Å². The predicted molar refractivity (Wildman–Crippen MR) is 83.5 cm³/mol. The van der Waals surface area contributed by atoms with Crippen molar-refractivity contribution >= 4 is 29.5 Å². The van der Waals surface area contributed by atoms with Crippen LogP contribution in [0.3, 0.4) is 0 Å². The van der Waals surface area contributed by atoms with Crippen molar-refractivity contribution < 1.29 is 28.7 Å². The number of esters is 1. The lowest BCUT2D eigenvalue weighted by Gasteiger charge is -2.15. The topological polar surface area (TPSA) is 93.2 Å². The van der Waals surface area contributed by atoms with E-state index in [0.29, 0.717) is 17.1 Å². The Morgan fingerprint density at radius 1 is 1.08 bits per heavy atom. The molecule has 24 heavy (non-hydrogen) atoms. The second-order valence-corrected chi connectivity index (χ2v) is 5.09. The first-order chi connectivity index (χ1) is 11.5. The highest BCUT2D eigenvalue weighted by molar-refractivity contribution is 6.53. The molecule has 1 fully saturated rings. The van der Waals surface area contributed by atoms with Crippen molar-refractivity contribution in [2.75, 3.05) is 25.2 Å². The molecule has 0 atom stereocenters. The van der Waals surface area contributed by atoms with E-state index in [0.717, 1.165) is 11.3 Å². The molecule has 8 nitrogen and oxygen atoms in total. The molecular formula is C16H18N2O6. The zero-order valence-corrected chi connectivity index (χ0v) is 13.5. The Hall–Kier alpha value is -2.90. The van der Waals surface area contributed by atoms with Crippen molar-refractivity contribution in [3.05, 3.63) is 24.3 Å². The minimum atomic E-state index is -1.05. The summed E-state index contributed by atoms with van der Waals surface area (Å²) >= 11 is 0. The van der Waals surface area contributed by atoms with Crippen LogP contribution < -0.4 is 9.64 Å². The Bertz CT molecular complexity index is 655. The second kappa shape index (κ2) is 7.58. The number of carbonyl (C=O) groups excluding carboxylic acids is 4. The fourth-order valence-corrected chi connectivity index (χ4v) is 2.11. The van der Waals surface area contributed by atoms with E-state index in [4.69, 9.17) is 9.47 Å². The van der Waals surface area contributed by atoms with E-state index in [2.05, 4.69) is 0 Å². The standard InChI is InChI=1S/C16H18N2O6/c1-3-4-9-24-13(19)10-17-14(20)15(21)18(16(17)22)11-5-7-12(23-2)8-6-11/h5-8H,3-4,9-10H2,1-2H3. The van der Waals surface area contributed by atoms with E-state index in [1.54, 1.807) is 12.1 Å². The summed E-state index contributed by atoms with van der Waals surface area (Å²) in [6.45, 7) is 1.56. The van der Waals surface area contributed by atoms with Gasteiger partial charge in [-0.2, -0.15) is 0 Å². The number of rotatable bonds is 7. The van der Waals surface area contributed by atoms with Gasteiger partial charge in [-0.3, -0.25) is 14.4 Å². The number of nitrogens with zero attached hydrogens (tertiary/aromatic N) is 2. The van der Waals surface area contributed by atoms with Crippen LogP contribution in [0.5, 0.6) is 5.75 Å². The summed E-state index contributed by atoms with van der Waals surface area (Å²) in [5, 5.41) is 0. The maximum atomic E-state index is 12.3. The number of methoxy groups -OCH3 is 1. The number of anilines is 1. The average molecular weight is 334 g/mol. The lowest BCUT2D eigenvalue weighted by Crippen LogP contribution is -2.37. The molecule has 8 heteroatoms. The summed E-state index contributed by atoms with van der Waals surface area (Å²) in [5.41, 5.74) is 0.223. The minimum Gasteiger partial charge on any atom is -0.497 e. The van der Waals surface area contributed by atoms with Gasteiger partial charge < -0.3 is 9.47 Å². The average Bonchev–Trinajstić information content (AvgIpc) is 2.79. The molecule has 0 spiro atoms. The molecule has 128 valence electrons. The van der Waals surface area contributed by atoms with Crippen LogP contribution in [0.4, 0.5) is 10.5 Å². The second-order valence-electron chi connectivity index (χ2n) is 5.09. The zero-order valence-electron chi connectivity index (χ0n) is 13.5. The maximum absolute atomic E-state index is 12.3. The highest BCUT2D eigenvalue weighted by Gasteiger charge is 2.46. The molecule has 4 amide bonds. The quantitative estimate of drug-likeness (QED) is 0.323. The van der Waals surface area contributed by atoms with Crippen molar-refractivity contribution in [1.29, 1.82) is 0 Å². The first-order valence-electron chi connectivity index (χ1n) is 7.49. The van der Waals surface area contributed by atoms with Crippen LogP contribution in [0, 0.1) is 0 Å². The van der Waals surface area contributed by atoms with Crippen LogP contribution in [-0.4, -0.2) is 49.0 Å². The molecule has 1 aliphatic heterocycles. The maximum Gasteiger partial charge on any atom is 0.339 e. The zero-order chi connectivity index (χ0) is 17.7. The number of benzene rings is 1. The molecule has 0 saturated carbocycles. The van der Waals surface area contributed by atoms with Crippen molar-refractivity contribution in [3.8, 4) is 5.75 Å². The van der Waals surface area contributed by atoms with Crippen LogP contribution in [0.2, 0.25) is 0 Å². The molecule has 1 aromatic rings. The van der Waals surface area contributed by atoms with Crippen LogP contribution >= 0.6 is 0 Å². The van der Waals surface area contributed by atoms with E-state index in [1.165, 1.54) is 19.2 Å². The fourth-order valence-electron chi connectivity index (χ4n) is 2.11. The van der Waals surface area contributed by atoms with Gasteiger partial charge in [-0.25, -0.2) is 14.6 Å². The number of unbranched alkanes of at least 4 members (excludes halogenated alkanes) is 1. The van der Waals surface area contributed by atoms with Crippen molar-refractivity contribution in [2.45, 2.75) is 19.8 Å². The summed E-state index contributed by atoms with van der Waals surface area (Å²) in [4.78, 5) is 49.3. The van der Waals surface area contributed by atoms with E-state index in [-0.39, 0.29) is 12.3 Å². The number of imide groups is 2. The Balaban J connectivity index is 2.10. The first kappa shape index (κ1) is 17.5. The number of hydrogen-bond acceptors (Lipinski definition) is 6. The van der Waals surface area contributed by atoms with Gasteiger partial charge in [0, 0.05) is 0 Å². The fraction of sp³-hybridized carbons (Fsp3) is 0.375. The number of amides is 4. The summed E-state index contributed by atoms with van der Waals surface area (Å²) in [6, 6.07) is 5.20. The Labute approximate surface area is 138 Å². The molecule has 0 aliphatic carbocycles. The molecule has 2 rings (SSSR count). The SMILES string of the molecule is CCCCOC(=O)CN1C(=O)C(=O)N(c2ccc(OC)cc2)C1=O. The molecular weight excluding hydrogens is 316 g/mol. The number of urea groups is 1.